The molecule has 0 atom stereocenters. The Hall–Kier alpha value is -2.76. The first-order valence-electron chi connectivity index (χ1n) is 9.50. The molecule has 1 fully saturated rings. The molecule has 1 heterocycles. The van der Waals surface area contributed by atoms with Crippen LogP contribution in [0.2, 0.25) is 0 Å². The van der Waals surface area contributed by atoms with Crippen LogP contribution in [-0.4, -0.2) is 17.4 Å². The van der Waals surface area contributed by atoms with Gasteiger partial charge in [0.15, 0.2) is 0 Å². The molecule has 3 aromatic rings. The van der Waals surface area contributed by atoms with E-state index in [0.717, 1.165) is 30.0 Å². The summed E-state index contributed by atoms with van der Waals surface area (Å²) in [4.78, 5) is 13.6. The molecule has 0 aliphatic heterocycles. The summed E-state index contributed by atoms with van der Waals surface area (Å²) in [6, 6.07) is 8.27. The number of H-pyrrole nitrogens is 1. The third kappa shape index (κ3) is 3.91. The summed E-state index contributed by atoms with van der Waals surface area (Å²) in [5.41, 5.74) is 2.47. The van der Waals surface area contributed by atoms with Crippen LogP contribution >= 0.6 is 0 Å². The van der Waals surface area contributed by atoms with E-state index in [1.165, 1.54) is 18.2 Å². The van der Waals surface area contributed by atoms with E-state index >= 15 is 0 Å². The lowest BCUT2D eigenvalue weighted by Crippen LogP contribution is -2.41. The van der Waals surface area contributed by atoms with Crippen molar-refractivity contribution < 1.29 is 18.0 Å². The van der Waals surface area contributed by atoms with Crippen LogP contribution in [0.15, 0.2) is 36.4 Å². The van der Waals surface area contributed by atoms with Crippen molar-refractivity contribution in [2.24, 2.45) is 5.92 Å². The third-order valence-electron chi connectivity index (χ3n) is 5.10. The number of carbonyl (C=O) groups is 1. The zero-order valence-electron chi connectivity index (χ0n) is 15.9. The predicted molar refractivity (Wildman–Crippen MR) is 104 cm³/mol. The van der Waals surface area contributed by atoms with Gasteiger partial charge in [0.25, 0.3) is 0 Å². The van der Waals surface area contributed by atoms with Gasteiger partial charge in [0.1, 0.15) is 17.5 Å². The standard InChI is InChI=1S/C20H17F3N2O.C2H6/c21-13-3-1-12(2-4-13)19-16(7-11-5-15(6-11)24-10-26)17-8-14(22)9-18(23)20(17)25-19;1-2/h1-4,8-11,15,25H,5-7H2,(H,24,26);1-2H3. The van der Waals surface area contributed by atoms with Crippen LogP contribution < -0.4 is 5.32 Å². The van der Waals surface area contributed by atoms with Gasteiger partial charge in [-0.05, 0) is 66.6 Å². The van der Waals surface area contributed by atoms with Gasteiger partial charge in [-0.15, -0.1) is 0 Å². The van der Waals surface area contributed by atoms with Gasteiger partial charge in [0, 0.05) is 23.2 Å². The van der Waals surface area contributed by atoms with Crippen molar-refractivity contribution in [3.63, 3.8) is 0 Å². The predicted octanol–water partition coefficient (Wildman–Crippen LogP) is 5.35. The second-order valence-corrected chi connectivity index (χ2v) is 6.82. The monoisotopic (exact) mass is 388 g/mol. The number of aromatic nitrogens is 1. The Balaban J connectivity index is 0.00000109. The molecule has 0 saturated heterocycles. The lowest BCUT2D eigenvalue weighted by atomic mass is 9.76. The Morgan fingerprint density at radius 2 is 1.75 bits per heavy atom. The Morgan fingerprint density at radius 3 is 2.39 bits per heavy atom. The largest absolute Gasteiger partial charge is 0.356 e. The van der Waals surface area contributed by atoms with Crippen molar-refractivity contribution in [2.75, 3.05) is 0 Å². The maximum atomic E-state index is 14.2. The molecule has 28 heavy (non-hydrogen) atoms. The highest BCUT2D eigenvalue weighted by Gasteiger charge is 2.30. The summed E-state index contributed by atoms with van der Waals surface area (Å²) in [6.07, 6.45) is 2.98. The maximum Gasteiger partial charge on any atom is 0.207 e. The number of aromatic amines is 1. The smallest absolute Gasteiger partial charge is 0.207 e. The second-order valence-electron chi connectivity index (χ2n) is 6.82. The number of carbonyl (C=O) groups excluding carboxylic acids is 1. The van der Waals surface area contributed by atoms with Gasteiger partial charge in [-0.25, -0.2) is 13.2 Å². The Labute approximate surface area is 162 Å². The van der Waals surface area contributed by atoms with Gasteiger partial charge in [0.05, 0.1) is 5.52 Å². The van der Waals surface area contributed by atoms with E-state index < -0.39 is 11.6 Å². The van der Waals surface area contributed by atoms with Gasteiger partial charge in [-0.1, -0.05) is 13.8 Å². The number of rotatable bonds is 5. The maximum absolute atomic E-state index is 14.2. The SMILES string of the molecule is CC.O=CNC1CC(Cc2c(-c3ccc(F)cc3)[nH]c3c(F)cc(F)cc23)C1. The fourth-order valence-electron chi connectivity index (χ4n) is 3.77. The van der Waals surface area contributed by atoms with E-state index in [4.69, 9.17) is 0 Å². The minimum Gasteiger partial charge on any atom is -0.356 e. The topological polar surface area (TPSA) is 44.9 Å². The Kier molecular flexibility index (Phi) is 6.07. The van der Waals surface area contributed by atoms with E-state index in [2.05, 4.69) is 10.3 Å². The highest BCUT2D eigenvalue weighted by molar-refractivity contribution is 5.91. The van der Waals surface area contributed by atoms with Crippen LogP contribution in [0.25, 0.3) is 22.2 Å². The van der Waals surface area contributed by atoms with E-state index in [1.807, 2.05) is 13.8 Å². The second kappa shape index (κ2) is 8.50. The zero-order valence-corrected chi connectivity index (χ0v) is 15.9. The van der Waals surface area contributed by atoms with Crippen molar-refractivity contribution >= 4 is 17.3 Å². The molecule has 6 heteroatoms. The highest BCUT2D eigenvalue weighted by atomic mass is 19.1. The molecule has 4 rings (SSSR count). The summed E-state index contributed by atoms with van der Waals surface area (Å²) < 4.78 is 41.3. The summed E-state index contributed by atoms with van der Waals surface area (Å²) in [6.45, 7) is 4.00. The van der Waals surface area contributed by atoms with E-state index in [9.17, 15) is 18.0 Å². The highest BCUT2D eigenvalue weighted by Crippen LogP contribution is 2.38. The first-order chi connectivity index (χ1) is 13.5. The third-order valence-corrected chi connectivity index (χ3v) is 5.10. The minimum atomic E-state index is -0.649. The molecular formula is C22H23F3N2O. The molecule has 0 spiro atoms. The van der Waals surface area contributed by atoms with Crippen molar-refractivity contribution in [3.05, 3.63) is 59.4 Å². The first-order valence-corrected chi connectivity index (χ1v) is 9.50. The van der Waals surface area contributed by atoms with Crippen LogP contribution in [0, 0.1) is 23.4 Å². The summed E-state index contributed by atoms with van der Waals surface area (Å²) in [5, 5.41) is 3.26. The average Bonchev–Trinajstić information content (AvgIpc) is 3.01. The Bertz CT molecular complexity index is 960. The molecule has 0 bridgehead atoms. The van der Waals surface area contributed by atoms with Crippen LogP contribution in [0.5, 0.6) is 0 Å². The fraction of sp³-hybridized carbons (Fsp3) is 0.318. The number of hydrogen-bond donors (Lipinski definition) is 2. The van der Waals surface area contributed by atoms with Crippen molar-refractivity contribution in [2.45, 2.75) is 39.2 Å². The van der Waals surface area contributed by atoms with E-state index in [-0.39, 0.29) is 17.4 Å². The van der Waals surface area contributed by atoms with Gasteiger partial charge in [0.2, 0.25) is 6.41 Å². The van der Waals surface area contributed by atoms with Gasteiger partial charge >= 0.3 is 0 Å². The number of amides is 1. The molecule has 1 saturated carbocycles. The molecule has 1 aromatic heterocycles. The van der Waals surface area contributed by atoms with E-state index in [1.54, 1.807) is 12.1 Å². The molecule has 1 aliphatic rings. The first kappa shape index (κ1) is 20.0. The Morgan fingerprint density at radius 1 is 1.07 bits per heavy atom. The molecular weight excluding hydrogens is 365 g/mol. The van der Waals surface area contributed by atoms with Crippen LogP contribution in [0.1, 0.15) is 32.3 Å². The van der Waals surface area contributed by atoms with Crippen LogP contribution in [0.4, 0.5) is 13.2 Å². The van der Waals surface area contributed by atoms with Gasteiger partial charge in [-0.2, -0.15) is 0 Å². The van der Waals surface area contributed by atoms with Crippen LogP contribution in [0.3, 0.4) is 0 Å². The van der Waals surface area contributed by atoms with Crippen molar-refractivity contribution in [3.8, 4) is 11.3 Å². The molecule has 1 aliphatic carbocycles. The summed E-state index contributed by atoms with van der Waals surface area (Å²) >= 11 is 0. The van der Waals surface area contributed by atoms with Crippen LogP contribution in [-0.2, 0) is 11.2 Å². The normalized spacial score (nSPS) is 18.2. The molecule has 148 valence electrons. The number of fused-ring (bicyclic) bond motifs is 1. The molecule has 2 N–H and O–H groups in total. The fourth-order valence-corrected chi connectivity index (χ4v) is 3.77. The van der Waals surface area contributed by atoms with E-state index in [0.29, 0.717) is 29.8 Å². The minimum absolute atomic E-state index is 0.158. The lowest BCUT2D eigenvalue weighted by Gasteiger charge is -2.35. The zero-order chi connectivity index (χ0) is 20.3. The summed E-state index contributed by atoms with van der Waals surface area (Å²) in [7, 11) is 0. The molecule has 0 unspecified atom stereocenters. The van der Waals surface area contributed by atoms with Crippen molar-refractivity contribution in [1.29, 1.82) is 0 Å². The molecule has 0 radical (unpaired) electrons. The lowest BCUT2D eigenvalue weighted by molar-refractivity contribution is -0.110. The number of nitrogens with one attached hydrogen (secondary N) is 2. The average molecular weight is 388 g/mol. The molecule has 3 nitrogen and oxygen atoms in total. The molecule has 2 aromatic carbocycles. The molecule has 1 amide bonds. The number of hydrogen-bond acceptors (Lipinski definition) is 1. The van der Waals surface area contributed by atoms with Crippen molar-refractivity contribution in [1.82, 2.24) is 10.3 Å². The quantitative estimate of drug-likeness (QED) is 0.569. The number of halogens is 3. The number of benzene rings is 2. The van der Waals surface area contributed by atoms with Gasteiger partial charge in [-0.3, -0.25) is 4.79 Å². The van der Waals surface area contributed by atoms with Gasteiger partial charge < -0.3 is 10.3 Å². The summed E-state index contributed by atoms with van der Waals surface area (Å²) in [5.74, 6) is -1.32.